The highest BCUT2D eigenvalue weighted by Gasteiger charge is 2.48. The fraction of sp³-hybridized carbons (Fsp3) is 0.667. The Kier molecular flexibility index (Phi) is 1.35. The van der Waals surface area contributed by atoms with Crippen molar-refractivity contribution < 1.29 is 9.59 Å². The molecule has 2 amide bonds. The van der Waals surface area contributed by atoms with Gasteiger partial charge in [0.15, 0.2) is 0 Å². The van der Waals surface area contributed by atoms with Gasteiger partial charge in [-0.2, -0.15) is 0 Å². The average molecular weight is 172 g/mol. The van der Waals surface area contributed by atoms with Gasteiger partial charge >= 0.3 is 0 Å². The molecule has 0 radical (unpaired) electrons. The normalized spacial score (nSPS) is 34.9. The topological polar surface area (TPSA) is 63.4 Å². The summed E-state index contributed by atoms with van der Waals surface area (Å²) in [5, 5.41) is 0.236. The van der Waals surface area contributed by atoms with E-state index in [1.54, 1.807) is 16.7 Å². The number of fused-ring (bicyclic) bond motifs is 1. The largest absolute Gasteiger partial charge is 0.368 e. The molecule has 0 aromatic rings. The van der Waals surface area contributed by atoms with Gasteiger partial charge < -0.3 is 10.6 Å². The summed E-state index contributed by atoms with van der Waals surface area (Å²) in [5.74, 6) is 0.350. The van der Waals surface area contributed by atoms with Crippen molar-refractivity contribution in [3.8, 4) is 0 Å². The van der Waals surface area contributed by atoms with Crippen molar-refractivity contribution in [2.45, 2.75) is 17.8 Å². The van der Waals surface area contributed by atoms with E-state index in [-0.39, 0.29) is 23.2 Å². The van der Waals surface area contributed by atoms with E-state index in [9.17, 15) is 9.59 Å². The van der Waals surface area contributed by atoms with Gasteiger partial charge in [0, 0.05) is 5.75 Å². The minimum absolute atomic E-state index is 0.0591. The Morgan fingerprint density at radius 2 is 2.45 bits per heavy atom. The molecule has 5 heteroatoms. The molecule has 2 aliphatic heterocycles. The average Bonchev–Trinajstić information content (AvgIpc) is 2.25. The summed E-state index contributed by atoms with van der Waals surface area (Å²) in [5.41, 5.74) is 5.10. The number of hydrogen-bond acceptors (Lipinski definition) is 3. The standard InChI is InChI=1S/C6H8N2O2S/c7-6(10)3-2-11-5-1-4(9)8(3)5/h3,5H,1-2H2,(H2,7,10)/t3?,5-/m0/s1. The fourth-order valence-corrected chi connectivity index (χ4v) is 2.83. The van der Waals surface area contributed by atoms with Gasteiger partial charge in [-0.1, -0.05) is 0 Å². The Labute approximate surface area is 68.1 Å². The Bertz CT molecular complexity index is 223. The molecule has 0 bridgehead atoms. The number of primary amides is 1. The first-order valence-electron chi connectivity index (χ1n) is 3.42. The van der Waals surface area contributed by atoms with Crippen LogP contribution in [0.4, 0.5) is 0 Å². The van der Waals surface area contributed by atoms with E-state index in [0.29, 0.717) is 12.2 Å². The monoisotopic (exact) mass is 172 g/mol. The Hall–Kier alpha value is -0.710. The van der Waals surface area contributed by atoms with Crippen molar-refractivity contribution in [2.75, 3.05) is 5.75 Å². The van der Waals surface area contributed by atoms with Gasteiger partial charge in [-0.05, 0) is 0 Å². The van der Waals surface area contributed by atoms with Crippen LogP contribution in [0.2, 0.25) is 0 Å². The van der Waals surface area contributed by atoms with Crippen molar-refractivity contribution >= 4 is 23.6 Å². The summed E-state index contributed by atoms with van der Waals surface area (Å²) in [6, 6.07) is -0.341. The van der Waals surface area contributed by atoms with Gasteiger partial charge in [-0.3, -0.25) is 9.59 Å². The fourth-order valence-electron chi connectivity index (χ4n) is 1.42. The highest BCUT2D eigenvalue weighted by Crippen LogP contribution is 2.38. The summed E-state index contributed by atoms with van der Waals surface area (Å²) in [7, 11) is 0. The predicted octanol–water partition coefficient (Wildman–Crippen LogP) is -0.855. The quantitative estimate of drug-likeness (QED) is 0.524. The van der Waals surface area contributed by atoms with E-state index in [0.717, 1.165) is 0 Å². The predicted molar refractivity (Wildman–Crippen MR) is 40.7 cm³/mol. The summed E-state index contributed by atoms with van der Waals surface area (Å²) in [6.07, 6.45) is 0.578. The maximum absolute atomic E-state index is 10.9. The second-order valence-electron chi connectivity index (χ2n) is 2.71. The number of rotatable bonds is 1. The molecular weight excluding hydrogens is 164 g/mol. The third-order valence-electron chi connectivity index (χ3n) is 2.06. The van der Waals surface area contributed by atoms with E-state index in [1.165, 1.54) is 0 Å². The summed E-state index contributed by atoms with van der Waals surface area (Å²) in [6.45, 7) is 0. The minimum Gasteiger partial charge on any atom is -0.368 e. The summed E-state index contributed by atoms with van der Waals surface area (Å²) < 4.78 is 0. The van der Waals surface area contributed by atoms with E-state index in [1.807, 2.05) is 0 Å². The maximum Gasteiger partial charge on any atom is 0.241 e. The molecule has 0 aromatic heterocycles. The number of carbonyl (C=O) groups is 2. The van der Waals surface area contributed by atoms with Crippen LogP contribution in [-0.2, 0) is 9.59 Å². The van der Waals surface area contributed by atoms with Gasteiger partial charge in [-0.15, -0.1) is 11.8 Å². The lowest BCUT2D eigenvalue weighted by Crippen LogP contribution is -2.55. The lowest BCUT2D eigenvalue weighted by molar-refractivity contribution is -0.147. The minimum atomic E-state index is -0.381. The third-order valence-corrected chi connectivity index (χ3v) is 3.34. The van der Waals surface area contributed by atoms with Crippen molar-refractivity contribution in [3.05, 3.63) is 0 Å². The molecule has 2 saturated heterocycles. The number of amides is 2. The molecule has 1 unspecified atom stereocenters. The molecule has 2 fully saturated rings. The van der Waals surface area contributed by atoms with E-state index < -0.39 is 0 Å². The van der Waals surface area contributed by atoms with E-state index >= 15 is 0 Å². The molecule has 11 heavy (non-hydrogen) atoms. The molecule has 2 heterocycles. The van der Waals surface area contributed by atoms with Crippen LogP contribution in [0, 0.1) is 0 Å². The number of β-lactam (4-membered cyclic amide) rings is 1. The highest BCUT2D eigenvalue weighted by molar-refractivity contribution is 8.00. The first kappa shape index (κ1) is 6.97. The lowest BCUT2D eigenvalue weighted by Gasteiger charge is -2.36. The van der Waals surface area contributed by atoms with Crippen molar-refractivity contribution in [3.63, 3.8) is 0 Å². The van der Waals surface area contributed by atoms with Crippen LogP contribution in [0.15, 0.2) is 0 Å². The molecule has 2 rings (SSSR count). The van der Waals surface area contributed by atoms with E-state index in [4.69, 9.17) is 5.73 Å². The molecule has 2 aliphatic rings. The number of hydrogen-bond donors (Lipinski definition) is 1. The zero-order chi connectivity index (χ0) is 8.01. The highest BCUT2D eigenvalue weighted by atomic mass is 32.2. The van der Waals surface area contributed by atoms with Crippen LogP contribution in [-0.4, -0.2) is 33.9 Å². The Balaban J connectivity index is 2.14. The van der Waals surface area contributed by atoms with Crippen molar-refractivity contribution in [2.24, 2.45) is 5.73 Å². The van der Waals surface area contributed by atoms with Crippen LogP contribution in [0.1, 0.15) is 6.42 Å². The first-order valence-corrected chi connectivity index (χ1v) is 4.47. The van der Waals surface area contributed by atoms with Crippen LogP contribution in [0.25, 0.3) is 0 Å². The van der Waals surface area contributed by atoms with Crippen LogP contribution < -0.4 is 5.73 Å². The molecule has 0 spiro atoms. The Morgan fingerprint density at radius 1 is 1.73 bits per heavy atom. The Morgan fingerprint density at radius 3 is 2.91 bits per heavy atom. The smallest absolute Gasteiger partial charge is 0.241 e. The van der Waals surface area contributed by atoms with Gasteiger partial charge in [0.25, 0.3) is 0 Å². The number of thioether (sulfide) groups is 1. The van der Waals surface area contributed by atoms with Gasteiger partial charge in [0.2, 0.25) is 11.8 Å². The van der Waals surface area contributed by atoms with Crippen molar-refractivity contribution in [1.29, 1.82) is 0 Å². The number of nitrogens with zero attached hydrogens (tertiary/aromatic N) is 1. The van der Waals surface area contributed by atoms with Gasteiger partial charge in [0.1, 0.15) is 6.04 Å². The molecule has 2 atom stereocenters. The zero-order valence-corrected chi connectivity index (χ0v) is 6.63. The maximum atomic E-state index is 10.9. The van der Waals surface area contributed by atoms with Crippen LogP contribution >= 0.6 is 11.8 Å². The molecule has 60 valence electrons. The molecule has 0 aromatic carbocycles. The second-order valence-corrected chi connectivity index (χ2v) is 3.92. The molecule has 0 saturated carbocycles. The SMILES string of the molecule is NC(=O)C1CS[C@H]2CC(=O)N12. The summed E-state index contributed by atoms with van der Waals surface area (Å²) in [4.78, 5) is 23.3. The van der Waals surface area contributed by atoms with Gasteiger partial charge in [-0.25, -0.2) is 0 Å². The molecule has 2 N–H and O–H groups in total. The lowest BCUT2D eigenvalue weighted by atomic mass is 10.1. The zero-order valence-electron chi connectivity index (χ0n) is 5.82. The molecular formula is C6H8N2O2S. The molecule has 0 aliphatic carbocycles. The third kappa shape index (κ3) is 0.837. The second kappa shape index (κ2) is 2.14. The van der Waals surface area contributed by atoms with Gasteiger partial charge in [0.05, 0.1) is 11.8 Å². The number of nitrogens with two attached hydrogens (primary N) is 1. The molecule has 4 nitrogen and oxygen atoms in total. The van der Waals surface area contributed by atoms with Crippen LogP contribution in [0.5, 0.6) is 0 Å². The van der Waals surface area contributed by atoms with Crippen molar-refractivity contribution in [1.82, 2.24) is 4.90 Å². The first-order chi connectivity index (χ1) is 5.20. The number of carbonyl (C=O) groups excluding carboxylic acids is 2. The van der Waals surface area contributed by atoms with Crippen LogP contribution in [0.3, 0.4) is 0 Å². The summed E-state index contributed by atoms with van der Waals surface area (Å²) >= 11 is 1.64. The van der Waals surface area contributed by atoms with E-state index in [2.05, 4.69) is 0 Å².